The maximum Gasteiger partial charge on any atom is 0.245 e. The molecule has 0 aromatic heterocycles. The van der Waals surface area contributed by atoms with Gasteiger partial charge in [0.1, 0.15) is 6.04 Å². The molecule has 2 aliphatic heterocycles. The molecule has 1 aromatic rings. The maximum atomic E-state index is 13.4. The Kier molecular flexibility index (Phi) is 5.61. The molecule has 1 saturated carbocycles. The van der Waals surface area contributed by atoms with E-state index >= 15 is 0 Å². The number of likely N-dealkylation sites (tertiary alicyclic amines) is 1. The Morgan fingerprint density at radius 3 is 2.57 bits per heavy atom. The molecule has 1 aromatic carbocycles. The first-order valence-corrected chi connectivity index (χ1v) is 11.0. The number of anilines is 1. The summed E-state index contributed by atoms with van der Waals surface area (Å²) in [6.45, 7) is 6.63. The molecule has 0 N–H and O–H groups in total. The summed E-state index contributed by atoms with van der Waals surface area (Å²) in [7, 11) is 0. The summed E-state index contributed by atoms with van der Waals surface area (Å²) in [5, 5.41) is 0. The quantitative estimate of drug-likeness (QED) is 0.804. The zero-order valence-electron chi connectivity index (χ0n) is 17.3. The molecule has 5 heteroatoms. The summed E-state index contributed by atoms with van der Waals surface area (Å²) in [6.07, 6.45) is 6.98. The fourth-order valence-electron chi connectivity index (χ4n) is 5.32. The number of carbonyl (C=O) groups is 2. The highest BCUT2D eigenvalue weighted by Crippen LogP contribution is 2.31. The number of amides is 2. The van der Waals surface area contributed by atoms with Gasteiger partial charge in [0.2, 0.25) is 11.8 Å². The Morgan fingerprint density at radius 2 is 1.86 bits per heavy atom. The minimum Gasteiger partial charge on any atom is -0.365 e. The van der Waals surface area contributed by atoms with Gasteiger partial charge in [-0.1, -0.05) is 31.4 Å². The number of hydrogen-bond donors (Lipinski definition) is 0. The zero-order chi connectivity index (χ0) is 19.7. The summed E-state index contributed by atoms with van der Waals surface area (Å²) in [6, 6.07) is 8.92. The van der Waals surface area contributed by atoms with E-state index in [0.29, 0.717) is 12.8 Å². The molecule has 28 heavy (non-hydrogen) atoms. The van der Waals surface area contributed by atoms with E-state index in [1.807, 2.05) is 9.80 Å². The fraction of sp³-hybridized carbons (Fsp3) is 0.652. The number of carbonyl (C=O) groups excluding carboxylic acids is 2. The van der Waals surface area contributed by atoms with Crippen molar-refractivity contribution in [3.8, 4) is 0 Å². The van der Waals surface area contributed by atoms with Gasteiger partial charge in [0.05, 0.1) is 0 Å². The lowest BCUT2D eigenvalue weighted by Gasteiger charge is -2.43. The van der Waals surface area contributed by atoms with Crippen molar-refractivity contribution in [1.82, 2.24) is 9.80 Å². The summed E-state index contributed by atoms with van der Waals surface area (Å²) in [4.78, 5) is 32.3. The Morgan fingerprint density at radius 1 is 1.07 bits per heavy atom. The molecule has 2 saturated heterocycles. The van der Waals surface area contributed by atoms with Crippen LogP contribution in [0.25, 0.3) is 0 Å². The van der Waals surface area contributed by atoms with Crippen LogP contribution < -0.4 is 4.90 Å². The molecule has 5 nitrogen and oxygen atoms in total. The number of nitrogens with zero attached hydrogens (tertiary/aromatic N) is 3. The number of rotatable bonds is 3. The van der Waals surface area contributed by atoms with Crippen molar-refractivity contribution in [2.45, 2.75) is 76.9 Å². The zero-order valence-corrected chi connectivity index (χ0v) is 17.3. The van der Waals surface area contributed by atoms with Crippen molar-refractivity contribution in [2.24, 2.45) is 0 Å². The first-order chi connectivity index (χ1) is 13.5. The number of piperazine rings is 1. The van der Waals surface area contributed by atoms with Crippen LogP contribution in [0.1, 0.15) is 57.4 Å². The van der Waals surface area contributed by atoms with E-state index in [0.717, 1.165) is 32.5 Å². The highest BCUT2D eigenvalue weighted by Gasteiger charge is 2.43. The van der Waals surface area contributed by atoms with Crippen molar-refractivity contribution in [3.05, 3.63) is 29.8 Å². The third-order valence-corrected chi connectivity index (χ3v) is 6.78. The van der Waals surface area contributed by atoms with Gasteiger partial charge in [0.15, 0.2) is 0 Å². The highest BCUT2D eigenvalue weighted by atomic mass is 16.2. The van der Waals surface area contributed by atoms with Crippen LogP contribution in [0.15, 0.2) is 24.3 Å². The van der Waals surface area contributed by atoms with Gasteiger partial charge in [-0.3, -0.25) is 9.59 Å². The van der Waals surface area contributed by atoms with E-state index in [2.05, 4.69) is 43.0 Å². The molecular formula is C23H33N3O2. The Labute approximate surface area is 168 Å². The van der Waals surface area contributed by atoms with Gasteiger partial charge < -0.3 is 14.7 Å². The average molecular weight is 384 g/mol. The molecule has 2 heterocycles. The van der Waals surface area contributed by atoms with Crippen LogP contribution in [0.4, 0.5) is 5.69 Å². The second-order valence-corrected chi connectivity index (χ2v) is 8.81. The van der Waals surface area contributed by atoms with Gasteiger partial charge >= 0.3 is 0 Å². The van der Waals surface area contributed by atoms with Crippen molar-refractivity contribution in [3.63, 3.8) is 0 Å². The number of hydrogen-bond acceptors (Lipinski definition) is 3. The van der Waals surface area contributed by atoms with E-state index < -0.39 is 0 Å². The van der Waals surface area contributed by atoms with Crippen molar-refractivity contribution >= 4 is 17.5 Å². The Bertz CT molecular complexity index is 728. The molecule has 0 spiro atoms. The monoisotopic (exact) mass is 383 g/mol. The molecule has 2 unspecified atom stereocenters. The molecule has 2 amide bonds. The molecule has 1 aliphatic carbocycles. The van der Waals surface area contributed by atoms with Crippen LogP contribution >= 0.6 is 0 Å². The van der Waals surface area contributed by atoms with Gasteiger partial charge in [0.25, 0.3) is 0 Å². The Balaban J connectivity index is 1.43. The van der Waals surface area contributed by atoms with Crippen molar-refractivity contribution in [2.75, 3.05) is 24.5 Å². The van der Waals surface area contributed by atoms with Crippen molar-refractivity contribution < 1.29 is 9.59 Å². The minimum absolute atomic E-state index is 0.173. The van der Waals surface area contributed by atoms with Gasteiger partial charge in [-0.25, -0.2) is 0 Å². The molecule has 152 valence electrons. The molecule has 0 radical (unpaired) electrons. The van der Waals surface area contributed by atoms with E-state index in [-0.39, 0.29) is 29.9 Å². The predicted molar refractivity (Wildman–Crippen MR) is 111 cm³/mol. The molecule has 2 atom stereocenters. The Hall–Kier alpha value is -2.04. The van der Waals surface area contributed by atoms with Crippen LogP contribution in [-0.4, -0.2) is 59.4 Å². The SMILES string of the molecule is Cc1cccc(N2CCN(C(=O)C3CCC(=O)N3C3CCCCC3)CC2C)c1. The predicted octanol–water partition coefficient (Wildman–Crippen LogP) is 3.36. The smallest absolute Gasteiger partial charge is 0.245 e. The van der Waals surface area contributed by atoms with E-state index in [1.165, 1.54) is 30.5 Å². The summed E-state index contributed by atoms with van der Waals surface area (Å²) in [5.41, 5.74) is 2.50. The minimum atomic E-state index is -0.228. The van der Waals surface area contributed by atoms with Crippen LogP contribution in [0, 0.1) is 6.92 Å². The first-order valence-electron chi connectivity index (χ1n) is 11.0. The summed E-state index contributed by atoms with van der Waals surface area (Å²) >= 11 is 0. The summed E-state index contributed by atoms with van der Waals surface area (Å²) < 4.78 is 0. The van der Waals surface area contributed by atoms with Crippen LogP contribution in [0.2, 0.25) is 0 Å². The van der Waals surface area contributed by atoms with Gasteiger partial charge in [0, 0.05) is 43.8 Å². The first kappa shape index (κ1) is 19.3. The third kappa shape index (κ3) is 3.76. The van der Waals surface area contributed by atoms with Crippen LogP contribution in [0.3, 0.4) is 0 Å². The molecule has 3 fully saturated rings. The standard InChI is InChI=1S/C23H33N3O2/c1-17-7-6-10-20(15-17)25-14-13-24(16-18(25)2)23(28)21-11-12-22(27)26(21)19-8-4-3-5-9-19/h6-7,10,15,18-19,21H,3-5,8-9,11-14,16H2,1-2H3. The molecule has 3 aliphatic rings. The third-order valence-electron chi connectivity index (χ3n) is 6.78. The van der Waals surface area contributed by atoms with Gasteiger partial charge in [-0.05, 0) is 50.8 Å². The van der Waals surface area contributed by atoms with E-state index in [1.54, 1.807) is 0 Å². The topological polar surface area (TPSA) is 43.9 Å². The number of benzene rings is 1. The van der Waals surface area contributed by atoms with Crippen LogP contribution in [-0.2, 0) is 9.59 Å². The number of aryl methyl sites for hydroxylation is 1. The second-order valence-electron chi connectivity index (χ2n) is 8.81. The van der Waals surface area contributed by atoms with Crippen molar-refractivity contribution in [1.29, 1.82) is 0 Å². The van der Waals surface area contributed by atoms with E-state index in [9.17, 15) is 9.59 Å². The molecule has 4 rings (SSSR count). The largest absolute Gasteiger partial charge is 0.365 e. The fourth-order valence-corrected chi connectivity index (χ4v) is 5.32. The summed E-state index contributed by atoms with van der Waals surface area (Å²) in [5.74, 6) is 0.365. The van der Waals surface area contributed by atoms with E-state index in [4.69, 9.17) is 0 Å². The van der Waals surface area contributed by atoms with Crippen LogP contribution in [0.5, 0.6) is 0 Å². The normalized spacial score (nSPS) is 26.8. The lowest BCUT2D eigenvalue weighted by atomic mass is 9.93. The highest BCUT2D eigenvalue weighted by molar-refractivity contribution is 5.91. The molecule has 0 bridgehead atoms. The average Bonchev–Trinajstić information content (AvgIpc) is 3.09. The van der Waals surface area contributed by atoms with Gasteiger partial charge in [-0.2, -0.15) is 0 Å². The van der Waals surface area contributed by atoms with Gasteiger partial charge in [-0.15, -0.1) is 0 Å². The molecular weight excluding hydrogens is 350 g/mol. The maximum absolute atomic E-state index is 13.4. The lowest BCUT2D eigenvalue weighted by Crippen LogP contribution is -2.58. The second kappa shape index (κ2) is 8.14. The lowest BCUT2D eigenvalue weighted by molar-refractivity contribution is -0.144.